The number of benzene rings is 1. The molecule has 0 unspecified atom stereocenters. The van der Waals surface area contributed by atoms with E-state index in [-0.39, 0.29) is 0 Å². The monoisotopic (exact) mass is 308 g/mol. The molecule has 120 valence electrons. The second-order valence-electron chi connectivity index (χ2n) is 5.43. The van der Waals surface area contributed by atoms with Crippen molar-refractivity contribution in [3.05, 3.63) is 42.0 Å². The summed E-state index contributed by atoms with van der Waals surface area (Å²) in [6.07, 6.45) is -0.878. The highest BCUT2D eigenvalue weighted by atomic mass is 16.5. The van der Waals surface area contributed by atoms with Gasteiger partial charge in [0.05, 0.1) is 12.7 Å². The molecule has 22 heavy (non-hydrogen) atoms. The predicted octanol–water partition coefficient (Wildman–Crippen LogP) is 0.713. The van der Waals surface area contributed by atoms with Crippen LogP contribution in [0.3, 0.4) is 0 Å². The Balaban J connectivity index is 1.92. The van der Waals surface area contributed by atoms with Crippen LogP contribution in [0.1, 0.15) is 19.3 Å². The summed E-state index contributed by atoms with van der Waals surface area (Å²) in [5.41, 5.74) is -1.81. The van der Waals surface area contributed by atoms with Crippen molar-refractivity contribution < 1.29 is 30.0 Å². The molecule has 0 radical (unpaired) electrons. The highest BCUT2D eigenvalue weighted by Gasteiger charge is 2.43. The van der Waals surface area contributed by atoms with Crippen LogP contribution < -0.4 is 4.74 Å². The van der Waals surface area contributed by atoms with E-state index in [9.17, 15) is 20.1 Å². The molecule has 0 amide bonds. The van der Waals surface area contributed by atoms with Crippen LogP contribution in [0.4, 0.5) is 0 Å². The number of aliphatic hydroxyl groups excluding tert-OH is 2. The number of hydrogen-bond donors (Lipinski definition) is 4. The maximum Gasteiger partial charge on any atom is 0.339 e. The number of rotatable bonds is 6. The fourth-order valence-electron chi connectivity index (χ4n) is 2.48. The van der Waals surface area contributed by atoms with Gasteiger partial charge in [0.1, 0.15) is 11.9 Å². The number of carboxylic acid groups (broad SMARTS) is 1. The van der Waals surface area contributed by atoms with E-state index in [0.29, 0.717) is 25.0 Å². The van der Waals surface area contributed by atoms with E-state index in [1.54, 1.807) is 0 Å². The summed E-state index contributed by atoms with van der Waals surface area (Å²) in [6, 6.07) is 9.23. The van der Waals surface area contributed by atoms with Crippen molar-refractivity contribution in [2.24, 2.45) is 0 Å². The molecule has 0 saturated carbocycles. The molecule has 1 aromatic carbocycles. The molecule has 3 atom stereocenters. The van der Waals surface area contributed by atoms with Gasteiger partial charge in [0, 0.05) is 6.42 Å². The quantitative estimate of drug-likeness (QED) is 0.455. The van der Waals surface area contributed by atoms with Crippen LogP contribution in [-0.2, 0) is 4.79 Å². The molecule has 1 aliphatic carbocycles. The van der Waals surface area contributed by atoms with Gasteiger partial charge in [-0.15, -0.1) is 0 Å². The van der Waals surface area contributed by atoms with Crippen LogP contribution in [0, 0.1) is 0 Å². The number of aliphatic hydroxyl groups is 3. The van der Waals surface area contributed by atoms with Crippen molar-refractivity contribution in [3.8, 4) is 5.75 Å². The Morgan fingerprint density at radius 3 is 2.59 bits per heavy atom. The Morgan fingerprint density at radius 1 is 1.27 bits per heavy atom. The first-order chi connectivity index (χ1) is 10.4. The molecule has 0 heterocycles. The summed E-state index contributed by atoms with van der Waals surface area (Å²) in [6.45, 7) is 0.385. The zero-order valence-corrected chi connectivity index (χ0v) is 12.1. The van der Waals surface area contributed by atoms with Gasteiger partial charge < -0.3 is 25.2 Å². The SMILES string of the molecule is O=C(O)[C@]1(O)C=C(CCCOc2ccccc2)[C@@H](O)[C@H](O)C1. The van der Waals surface area contributed by atoms with Crippen LogP contribution in [-0.4, -0.2) is 50.8 Å². The van der Waals surface area contributed by atoms with Crippen LogP contribution in [0.15, 0.2) is 42.0 Å². The average molecular weight is 308 g/mol. The molecule has 0 aromatic heterocycles. The summed E-state index contributed by atoms with van der Waals surface area (Å²) in [5, 5.41) is 38.6. The maximum absolute atomic E-state index is 11.1. The van der Waals surface area contributed by atoms with Gasteiger partial charge in [-0.3, -0.25) is 0 Å². The molecular weight excluding hydrogens is 288 g/mol. The van der Waals surface area contributed by atoms with Crippen molar-refractivity contribution in [1.82, 2.24) is 0 Å². The van der Waals surface area contributed by atoms with E-state index in [1.165, 1.54) is 0 Å². The minimum Gasteiger partial charge on any atom is -0.494 e. The Hall–Kier alpha value is -1.89. The van der Waals surface area contributed by atoms with E-state index in [1.807, 2.05) is 30.3 Å². The summed E-state index contributed by atoms with van der Waals surface area (Å²) < 4.78 is 5.51. The first-order valence-corrected chi connectivity index (χ1v) is 7.14. The van der Waals surface area contributed by atoms with Crippen LogP contribution in [0.25, 0.3) is 0 Å². The zero-order chi connectivity index (χ0) is 16.2. The second-order valence-corrected chi connectivity index (χ2v) is 5.43. The Morgan fingerprint density at radius 2 is 1.95 bits per heavy atom. The highest BCUT2D eigenvalue weighted by Crippen LogP contribution is 2.30. The van der Waals surface area contributed by atoms with Crippen molar-refractivity contribution >= 4 is 5.97 Å². The molecule has 0 aliphatic heterocycles. The van der Waals surface area contributed by atoms with Crippen LogP contribution in [0.2, 0.25) is 0 Å². The van der Waals surface area contributed by atoms with Gasteiger partial charge in [0.2, 0.25) is 0 Å². The molecule has 0 fully saturated rings. The largest absolute Gasteiger partial charge is 0.494 e. The normalized spacial score (nSPS) is 28.0. The summed E-state index contributed by atoms with van der Waals surface area (Å²) >= 11 is 0. The molecule has 6 heteroatoms. The first-order valence-electron chi connectivity index (χ1n) is 7.14. The highest BCUT2D eigenvalue weighted by molar-refractivity contribution is 5.80. The van der Waals surface area contributed by atoms with E-state index >= 15 is 0 Å². The minimum atomic E-state index is -2.13. The van der Waals surface area contributed by atoms with Crippen LogP contribution in [0.5, 0.6) is 5.75 Å². The standard InChI is InChI=1S/C16H20O6/c17-13-10-16(21,15(19)20)9-11(14(13)18)5-4-8-22-12-6-2-1-3-7-12/h1-3,6-7,9,13-14,17-18,21H,4-5,8,10H2,(H,19,20)/t13-,14-,16+/m1/s1. The number of ether oxygens (including phenoxy) is 1. The first kappa shape index (κ1) is 16.5. The van der Waals surface area contributed by atoms with E-state index < -0.39 is 30.2 Å². The number of carboxylic acids is 1. The van der Waals surface area contributed by atoms with Gasteiger partial charge in [0.15, 0.2) is 5.60 Å². The van der Waals surface area contributed by atoms with Gasteiger partial charge in [0.25, 0.3) is 0 Å². The number of para-hydroxylation sites is 1. The van der Waals surface area contributed by atoms with Crippen molar-refractivity contribution in [3.63, 3.8) is 0 Å². The zero-order valence-electron chi connectivity index (χ0n) is 12.1. The molecule has 0 saturated heterocycles. The van der Waals surface area contributed by atoms with Crippen molar-refractivity contribution in [2.75, 3.05) is 6.61 Å². The maximum atomic E-state index is 11.1. The average Bonchev–Trinajstić information content (AvgIpc) is 2.49. The van der Waals surface area contributed by atoms with E-state index in [4.69, 9.17) is 9.84 Å². The molecule has 4 N–H and O–H groups in total. The van der Waals surface area contributed by atoms with Crippen molar-refractivity contribution in [1.29, 1.82) is 0 Å². The van der Waals surface area contributed by atoms with Gasteiger partial charge in [-0.05, 0) is 36.6 Å². The number of aliphatic carboxylic acids is 1. The number of carbonyl (C=O) groups is 1. The van der Waals surface area contributed by atoms with Crippen molar-refractivity contribution in [2.45, 2.75) is 37.1 Å². The van der Waals surface area contributed by atoms with E-state index in [2.05, 4.69) is 0 Å². The second kappa shape index (κ2) is 6.91. The number of hydrogen-bond acceptors (Lipinski definition) is 5. The molecule has 0 bridgehead atoms. The lowest BCUT2D eigenvalue weighted by atomic mass is 9.81. The third kappa shape index (κ3) is 3.85. The molecule has 1 aliphatic rings. The predicted molar refractivity (Wildman–Crippen MR) is 78.5 cm³/mol. The van der Waals surface area contributed by atoms with E-state index in [0.717, 1.165) is 11.8 Å². The lowest BCUT2D eigenvalue weighted by molar-refractivity contribution is -0.158. The van der Waals surface area contributed by atoms with Crippen LogP contribution >= 0.6 is 0 Å². The third-order valence-corrected chi connectivity index (χ3v) is 3.68. The topological polar surface area (TPSA) is 107 Å². The Labute approximate surface area is 128 Å². The smallest absolute Gasteiger partial charge is 0.339 e. The Kier molecular flexibility index (Phi) is 5.18. The molecule has 1 aromatic rings. The fourth-order valence-corrected chi connectivity index (χ4v) is 2.48. The molecular formula is C16H20O6. The summed E-state index contributed by atoms with van der Waals surface area (Å²) in [5.74, 6) is -0.709. The van der Waals surface area contributed by atoms with Gasteiger partial charge in [-0.2, -0.15) is 0 Å². The fraction of sp³-hybridized carbons (Fsp3) is 0.438. The molecule has 6 nitrogen and oxygen atoms in total. The third-order valence-electron chi connectivity index (χ3n) is 3.68. The van der Waals surface area contributed by atoms with Gasteiger partial charge >= 0.3 is 5.97 Å². The lowest BCUT2D eigenvalue weighted by Gasteiger charge is -2.33. The lowest BCUT2D eigenvalue weighted by Crippen LogP contribution is -2.48. The molecule has 0 spiro atoms. The Bertz CT molecular complexity index is 541. The minimum absolute atomic E-state index is 0.320. The van der Waals surface area contributed by atoms with Gasteiger partial charge in [-0.1, -0.05) is 18.2 Å². The van der Waals surface area contributed by atoms with Gasteiger partial charge in [-0.25, -0.2) is 4.79 Å². The summed E-state index contributed by atoms with van der Waals surface area (Å²) in [4.78, 5) is 11.1. The molecule has 2 rings (SSSR count). The summed E-state index contributed by atoms with van der Waals surface area (Å²) in [7, 11) is 0.